The van der Waals surface area contributed by atoms with Gasteiger partial charge in [0.25, 0.3) is 0 Å². The lowest BCUT2D eigenvalue weighted by Gasteiger charge is -2.33. The van der Waals surface area contributed by atoms with Crippen molar-refractivity contribution in [2.45, 2.75) is 65.3 Å². The van der Waals surface area contributed by atoms with Gasteiger partial charge >= 0.3 is 12.0 Å². The molecular formula is C16H30N2O3. The van der Waals surface area contributed by atoms with Gasteiger partial charge in [-0.2, -0.15) is 0 Å². The van der Waals surface area contributed by atoms with Crippen molar-refractivity contribution in [1.29, 1.82) is 0 Å². The van der Waals surface area contributed by atoms with E-state index in [-0.39, 0.29) is 11.4 Å². The molecule has 2 N–H and O–H groups in total. The molecule has 1 aliphatic carbocycles. The number of carboxylic acids is 1. The summed E-state index contributed by atoms with van der Waals surface area (Å²) in [6.07, 6.45) is 6.30. The number of carbonyl (C=O) groups excluding carboxylic acids is 1. The summed E-state index contributed by atoms with van der Waals surface area (Å²) in [4.78, 5) is 24.6. The van der Waals surface area contributed by atoms with Crippen LogP contribution in [0, 0.1) is 11.3 Å². The molecule has 2 amide bonds. The Labute approximate surface area is 128 Å². The minimum Gasteiger partial charge on any atom is -0.480 e. The van der Waals surface area contributed by atoms with Crippen LogP contribution in [0.4, 0.5) is 4.79 Å². The summed E-state index contributed by atoms with van der Waals surface area (Å²) in [6.45, 7) is 6.86. The highest BCUT2D eigenvalue weighted by atomic mass is 16.4. The number of nitrogens with zero attached hydrogens (tertiary/aromatic N) is 1. The van der Waals surface area contributed by atoms with Crippen molar-refractivity contribution >= 4 is 12.0 Å². The van der Waals surface area contributed by atoms with Crippen LogP contribution in [0.15, 0.2) is 0 Å². The first-order valence-electron chi connectivity index (χ1n) is 8.05. The number of aliphatic carboxylic acids is 1. The van der Waals surface area contributed by atoms with Gasteiger partial charge in [-0.05, 0) is 37.0 Å². The van der Waals surface area contributed by atoms with Gasteiger partial charge in [0.15, 0.2) is 0 Å². The van der Waals surface area contributed by atoms with Crippen molar-refractivity contribution in [3.05, 3.63) is 0 Å². The zero-order valence-corrected chi connectivity index (χ0v) is 13.8. The first kappa shape index (κ1) is 17.8. The lowest BCUT2D eigenvalue weighted by molar-refractivity contribution is -0.141. The fraction of sp³-hybridized carbons (Fsp3) is 0.875. The summed E-state index contributed by atoms with van der Waals surface area (Å²) >= 11 is 0. The summed E-state index contributed by atoms with van der Waals surface area (Å²) in [5, 5.41) is 12.1. The Morgan fingerprint density at radius 1 is 1.29 bits per heavy atom. The van der Waals surface area contributed by atoms with Crippen LogP contribution in [-0.2, 0) is 4.79 Å². The first-order chi connectivity index (χ1) is 9.81. The quantitative estimate of drug-likeness (QED) is 0.759. The van der Waals surface area contributed by atoms with E-state index in [9.17, 15) is 9.59 Å². The van der Waals surface area contributed by atoms with Gasteiger partial charge in [0, 0.05) is 13.6 Å². The van der Waals surface area contributed by atoms with Crippen LogP contribution in [0.1, 0.15) is 59.3 Å². The molecule has 0 aromatic rings. The van der Waals surface area contributed by atoms with Gasteiger partial charge < -0.3 is 15.3 Å². The van der Waals surface area contributed by atoms with Crippen LogP contribution in [-0.4, -0.2) is 41.6 Å². The van der Waals surface area contributed by atoms with Gasteiger partial charge in [-0.1, -0.05) is 33.6 Å². The number of carbonyl (C=O) groups is 2. The van der Waals surface area contributed by atoms with E-state index in [1.54, 1.807) is 14.0 Å². The molecular weight excluding hydrogens is 268 g/mol. The maximum absolute atomic E-state index is 12.2. The van der Waals surface area contributed by atoms with E-state index in [0.717, 1.165) is 19.3 Å². The second-order valence-corrected chi connectivity index (χ2v) is 6.84. The Morgan fingerprint density at radius 3 is 2.29 bits per heavy atom. The lowest BCUT2D eigenvalue weighted by atomic mass is 9.78. The largest absolute Gasteiger partial charge is 0.480 e. The summed E-state index contributed by atoms with van der Waals surface area (Å²) in [5.41, 5.74) is 0.204. The molecule has 21 heavy (non-hydrogen) atoms. The number of nitrogens with one attached hydrogen (secondary N) is 1. The molecule has 0 heterocycles. The molecule has 122 valence electrons. The smallest absolute Gasteiger partial charge is 0.326 e. The van der Waals surface area contributed by atoms with Crippen LogP contribution in [0.3, 0.4) is 0 Å². The van der Waals surface area contributed by atoms with Crippen LogP contribution in [0.5, 0.6) is 0 Å². The number of amides is 2. The van der Waals surface area contributed by atoms with Crippen molar-refractivity contribution in [3.8, 4) is 0 Å². The molecule has 0 saturated heterocycles. The van der Waals surface area contributed by atoms with Gasteiger partial charge in [0.2, 0.25) is 0 Å². The number of rotatable bonds is 7. The minimum atomic E-state index is -0.951. The zero-order chi connectivity index (χ0) is 16.0. The van der Waals surface area contributed by atoms with Gasteiger partial charge in [-0.3, -0.25) is 0 Å². The van der Waals surface area contributed by atoms with Crippen molar-refractivity contribution in [1.82, 2.24) is 10.2 Å². The van der Waals surface area contributed by atoms with Crippen LogP contribution < -0.4 is 5.32 Å². The summed E-state index contributed by atoms with van der Waals surface area (Å²) < 4.78 is 0. The molecule has 1 rings (SSSR count). The maximum atomic E-state index is 12.2. The summed E-state index contributed by atoms with van der Waals surface area (Å²) in [5.74, 6) is -0.340. The predicted molar refractivity (Wildman–Crippen MR) is 83.2 cm³/mol. The van der Waals surface area contributed by atoms with E-state index >= 15 is 0 Å². The van der Waals surface area contributed by atoms with E-state index in [4.69, 9.17) is 5.11 Å². The normalized spacial score (nSPS) is 18.5. The van der Waals surface area contributed by atoms with Gasteiger partial charge in [-0.15, -0.1) is 0 Å². The molecule has 5 nitrogen and oxygen atoms in total. The number of urea groups is 1. The van der Waals surface area contributed by atoms with Crippen molar-refractivity contribution in [2.24, 2.45) is 11.3 Å². The SMILES string of the molecule is CCC(C(=O)O)N(C)C(=O)NCC1(CC(C)C)CCCC1. The molecule has 1 aliphatic rings. The molecule has 5 heteroatoms. The predicted octanol–water partition coefficient (Wildman–Crippen LogP) is 3.10. The minimum absolute atomic E-state index is 0.204. The second kappa shape index (κ2) is 7.66. The molecule has 0 aromatic heterocycles. The topological polar surface area (TPSA) is 69.6 Å². The number of hydrogen-bond donors (Lipinski definition) is 2. The monoisotopic (exact) mass is 298 g/mol. The number of likely N-dealkylation sites (N-methyl/N-ethyl adjacent to an activating group) is 1. The lowest BCUT2D eigenvalue weighted by Crippen LogP contribution is -2.49. The Morgan fingerprint density at radius 2 is 1.86 bits per heavy atom. The van der Waals surface area contributed by atoms with Crippen molar-refractivity contribution in [3.63, 3.8) is 0 Å². The van der Waals surface area contributed by atoms with E-state index in [2.05, 4.69) is 19.2 Å². The number of hydrogen-bond acceptors (Lipinski definition) is 2. The Kier molecular flexibility index (Phi) is 6.49. The standard InChI is InChI=1S/C16H30N2O3/c1-5-13(14(19)20)18(4)15(21)17-11-16(10-12(2)3)8-6-7-9-16/h12-13H,5-11H2,1-4H3,(H,17,21)(H,19,20). The average Bonchev–Trinajstić information content (AvgIpc) is 2.84. The molecule has 1 unspecified atom stereocenters. The molecule has 0 spiro atoms. The Balaban J connectivity index is 2.59. The van der Waals surface area contributed by atoms with E-state index in [1.807, 2.05) is 0 Å². The van der Waals surface area contributed by atoms with E-state index in [0.29, 0.717) is 18.9 Å². The van der Waals surface area contributed by atoms with Crippen LogP contribution in [0.2, 0.25) is 0 Å². The molecule has 0 radical (unpaired) electrons. The summed E-state index contributed by atoms with van der Waals surface area (Å²) in [7, 11) is 1.56. The van der Waals surface area contributed by atoms with Crippen molar-refractivity contribution < 1.29 is 14.7 Å². The zero-order valence-electron chi connectivity index (χ0n) is 13.8. The van der Waals surface area contributed by atoms with Crippen LogP contribution >= 0.6 is 0 Å². The maximum Gasteiger partial charge on any atom is 0.326 e. The molecule has 1 atom stereocenters. The third kappa shape index (κ3) is 4.90. The highest BCUT2D eigenvalue weighted by molar-refractivity contribution is 5.82. The highest BCUT2D eigenvalue weighted by Gasteiger charge is 2.35. The molecule has 1 saturated carbocycles. The van der Waals surface area contributed by atoms with Crippen LogP contribution in [0.25, 0.3) is 0 Å². The molecule has 1 fully saturated rings. The first-order valence-corrected chi connectivity index (χ1v) is 8.05. The fourth-order valence-electron chi connectivity index (χ4n) is 3.59. The van der Waals surface area contributed by atoms with Crippen molar-refractivity contribution in [2.75, 3.05) is 13.6 Å². The Hall–Kier alpha value is -1.26. The molecule has 0 aromatic carbocycles. The second-order valence-electron chi connectivity index (χ2n) is 6.84. The van der Waals surface area contributed by atoms with E-state index in [1.165, 1.54) is 17.7 Å². The van der Waals surface area contributed by atoms with E-state index < -0.39 is 12.0 Å². The van der Waals surface area contributed by atoms with Gasteiger partial charge in [-0.25, -0.2) is 9.59 Å². The molecule has 0 bridgehead atoms. The third-order valence-electron chi connectivity index (χ3n) is 4.58. The van der Waals surface area contributed by atoms with Gasteiger partial charge in [0.1, 0.15) is 6.04 Å². The summed E-state index contributed by atoms with van der Waals surface area (Å²) in [6, 6.07) is -1.03. The average molecular weight is 298 g/mol. The highest BCUT2D eigenvalue weighted by Crippen LogP contribution is 2.42. The third-order valence-corrected chi connectivity index (χ3v) is 4.58. The fourth-order valence-corrected chi connectivity index (χ4v) is 3.59. The Bertz CT molecular complexity index is 363. The van der Waals surface area contributed by atoms with Gasteiger partial charge in [0.05, 0.1) is 0 Å². The molecule has 0 aliphatic heterocycles. The number of carboxylic acid groups (broad SMARTS) is 1.